The van der Waals surface area contributed by atoms with Gasteiger partial charge in [0, 0.05) is 11.0 Å². The van der Waals surface area contributed by atoms with Crippen molar-refractivity contribution in [3.8, 4) is 11.6 Å². The molecule has 21 heavy (non-hydrogen) atoms. The number of hydrogen-bond donors (Lipinski definition) is 1. The highest BCUT2D eigenvalue weighted by Gasteiger charge is 2.24. The maximum absolute atomic E-state index is 11.2. The van der Waals surface area contributed by atoms with E-state index in [0.717, 1.165) is 4.47 Å². The number of halogens is 1. The molecule has 0 bridgehead atoms. The van der Waals surface area contributed by atoms with E-state index in [-0.39, 0.29) is 17.3 Å². The first-order valence-electron chi connectivity index (χ1n) is 6.21. The number of ether oxygens (including phenoxy) is 1. The lowest BCUT2D eigenvalue weighted by atomic mass is 10.3. The van der Waals surface area contributed by atoms with Crippen molar-refractivity contribution < 1.29 is 9.66 Å². The van der Waals surface area contributed by atoms with Gasteiger partial charge in [-0.2, -0.15) is 4.98 Å². The number of aromatic nitrogens is 2. The van der Waals surface area contributed by atoms with Gasteiger partial charge in [-0.15, -0.1) is 0 Å². The number of anilines is 1. The Balaban J connectivity index is 2.46. The van der Waals surface area contributed by atoms with Gasteiger partial charge in [0.05, 0.1) is 4.92 Å². The molecule has 110 valence electrons. The van der Waals surface area contributed by atoms with Gasteiger partial charge in [0.25, 0.3) is 0 Å². The van der Waals surface area contributed by atoms with Crippen LogP contribution in [0.5, 0.6) is 11.6 Å². The maximum Gasteiger partial charge on any atom is 0.352 e. The van der Waals surface area contributed by atoms with Gasteiger partial charge in [-0.05, 0) is 32.0 Å². The average Bonchev–Trinajstić information content (AvgIpc) is 2.38. The standard InChI is InChI=1S/C13H13BrN4O3/c1-3-15-13-16-8(2)11(18(19)20)12(17-13)21-10-6-4-5-9(14)7-10/h4-7H,3H2,1-2H3,(H,15,16,17). The number of rotatable bonds is 5. The summed E-state index contributed by atoms with van der Waals surface area (Å²) in [6, 6.07) is 6.99. The van der Waals surface area contributed by atoms with Crippen molar-refractivity contribution in [1.82, 2.24) is 9.97 Å². The van der Waals surface area contributed by atoms with Crippen LogP contribution in [0.25, 0.3) is 0 Å². The fourth-order valence-electron chi connectivity index (χ4n) is 1.70. The van der Waals surface area contributed by atoms with Gasteiger partial charge >= 0.3 is 11.6 Å². The molecule has 0 atom stereocenters. The first-order valence-corrected chi connectivity index (χ1v) is 7.01. The van der Waals surface area contributed by atoms with Crippen LogP contribution in [0.2, 0.25) is 0 Å². The van der Waals surface area contributed by atoms with Crippen LogP contribution in [0, 0.1) is 17.0 Å². The van der Waals surface area contributed by atoms with Crippen LogP contribution in [0.4, 0.5) is 11.6 Å². The third-order valence-corrected chi connectivity index (χ3v) is 3.05. The Morgan fingerprint density at radius 3 is 2.81 bits per heavy atom. The molecule has 0 aliphatic heterocycles. The van der Waals surface area contributed by atoms with Crippen LogP contribution in [0.15, 0.2) is 28.7 Å². The lowest BCUT2D eigenvalue weighted by Crippen LogP contribution is -2.07. The van der Waals surface area contributed by atoms with Crippen molar-refractivity contribution in [3.63, 3.8) is 0 Å². The van der Waals surface area contributed by atoms with Crippen molar-refractivity contribution >= 4 is 27.6 Å². The van der Waals surface area contributed by atoms with Crippen molar-refractivity contribution in [2.45, 2.75) is 13.8 Å². The quantitative estimate of drug-likeness (QED) is 0.651. The number of benzene rings is 1. The Morgan fingerprint density at radius 1 is 1.43 bits per heavy atom. The first kappa shape index (κ1) is 15.2. The summed E-state index contributed by atoms with van der Waals surface area (Å²) in [6.45, 7) is 4.04. The topological polar surface area (TPSA) is 90.2 Å². The second-order valence-electron chi connectivity index (χ2n) is 4.13. The second kappa shape index (κ2) is 6.49. The van der Waals surface area contributed by atoms with E-state index < -0.39 is 4.92 Å². The number of aryl methyl sites for hydroxylation is 1. The average molecular weight is 353 g/mol. The Kier molecular flexibility index (Phi) is 4.69. The zero-order valence-corrected chi connectivity index (χ0v) is 13.0. The minimum Gasteiger partial charge on any atom is -0.434 e. The van der Waals surface area contributed by atoms with Gasteiger partial charge < -0.3 is 10.1 Å². The highest BCUT2D eigenvalue weighted by molar-refractivity contribution is 9.10. The highest BCUT2D eigenvalue weighted by atomic mass is 79.9. The molecule has 8 heteroatoms. The van der Waals surface area contributed by atoms with E-state index >= 15 is 0 Å². The van der Waals surface area contributed by atoms with E-state index in [1.54, 1.807) is 25.1 Å². The molecule has 0 fully saturated rings. The molecule has 7 nitrogen and oxygen atoms in total. The zero-order valence-electron chi connectivity index (χ0n) is 11.5. The van der Waals surface area contributed by atoms with Crippen LogP contribution in [-0.4, -0.2) is 21.4 Å². The predicted molar refractivity (Wildman–Crippen MR) is 81.8 cm³/mol. The Morgan fingerprint density at radius 2 is 2.19 bits per heavy atom. The predicted octanol–water partition coefficient (Wildman–Crippen LogP) is 3.68. The lowest BCUT2D eigenvalue weighted by Gasteiger charge is -2.09. The molecule has 0 saturated heterocycles. The maximum atomic E-state index is 11.2. The van der Waals surface area contributed by atoms with Crippen molar-refractivity contribution in [2.75, 3.05) is 11.9 Å². The molecular weight excluding hydrogens is 340 g/mol. The van der Waals surface area contributed by atoms with Crippen LogP contribution in [-0.2, 0) is 0 Å². The van der Waals surface area contributed by atoms with Gasteiger partial charge in [0.1, 0.15) is 11.4 Å². The first-order chi connectivity index (χ1) is 10.0. The van der Waals surface area contributed by atoms with Crippen LogP contribution < -0.4 is 10.1 Å². The largest absolute Gasteiger partial charge is 0.434 e. The lowest BCUT2D eigenvalue weighted by molar-refractivity contribution is -0.386. The van der Waals surface area contributed by atoms with Crippen LogP contribution in [0.1, 0.15) is 12.6 Å². The van der Waals surface area contributed by atoms with Gasteiger partial charge in [-0.1, -0.05) is 22.0 Å². The SMILES string of the molecule is CCNc1nc(C)c([N+](=O)[O-])c(Oc2cccc(Br)c2)n1. The van der Waals surface area contributed by atoms with E-state index in [9.17, 15) is 10.1 Å². The highest BCUT2D eigenvalue weighted by Crippen LogP contribution is 2.33. The normalized spacial score (nSPS) is 10.2. The summed E-state index contributed by atoms with van der Waals surface area (Å²) in [5.74, 6) is 0.667. The molecule has 0 aliphatic carbocycles. The number of nitrogens with zero attached hydrogens (tertiary/aromatic N) is 3. The van der Waals surface area contributed by atoms with Gasteiger partial charge in [0.15, 0.2) is 0 Å². The summed E-state index contributed by atoms with van der Waals surface area (Å²) < 4.78 is 6.36. The molecule has 2 rings (SSSR count). The number of nitrogens with one attached hydrogen (secondary N) is 1. The summed E-state index contributed by atoms with van der Waals surface area (Å²) >= 11 is 3.32. The minimum atomic E-state index is -0.543. The number of nitro groups is 1. The fraction of sp³-hybridized carbons (Fsp3) is 0.231. The third-order valence-electron chi connectivity index (χ3n) is 2.55. The third kappa shape index (κ3) is 3.66. The van der Waals surface area contributed by atoms with Crippen LogP contribution in [0.3, 0.4) is 0 Å². The summed E-state index contributed by atoms with van der Waals surface area (Å²) in [5.41, 5.74) is 0.00701. The molecule has 0 amide bonds. The summed E-state index contributed by atoms with van der Waals surface area (Å²) in [6.07, 6.45) is 0. The molecule has 1 aromatic carbocycles. The molecule has 1 N–H and O–H groups in total. The van der Waals surface area contributed by atoms with E-state index in [1.165, 1.54) is 0 Å². The Hall–Kier alpha value is -2.22. The summed E-state index contributed by atoms with van der Waals surface area (Å²) in [4.78, 5) is 18.8. The second-order valence-corrected chi connectivity index (χ2v) is 5.05. The monoisotopic (exact) mass is 352 g/mol. The van der Waals surface area contributed by atoms with Gasteiger partial charge in [-0.25, -0.2) is 4.98 Å². The van der Waals surface area contributed by atoms with E-state index in [0.29, 0.717) is 18.2 Å². The van der Waals surface area contributed by atoms with E-state index in [4.69, 9.17) is 4.74 Å². The van der Waals surface area contributed by atoms with Crippen molar-refractivity contribution in [3.05, 3.63) is 44.5 Å². The van der Waals surface area contributed by atoms with Crippen LogP contribution >= 0.6 is 15.9 Å². The molecule has 0 radical (unpaired) electrons. The molecule has 0 spiro atoms. The van der Waals surface area contributed by atoms with E-state index in [1.807, 2.05) is 13.0 Å². The van der Waals surface area contributed by atoms with Gasteiger partial charge in [-0.3, -0.25) is 10.1 Å². The summed E-state index contributed by atoms with van der Waals surface area (Å²) in [7, 11) is 0. The fourth-order valence-corrected chi connectivity index (χ4v) is 2.08. The molecule has 1 aromatic heterocycles. The van der Waals surface area contributed by atoms with Crippen molar-refractivity contribution in [1.29, 1.82) is 0 Å². The zero-order chi connectivity index (χ0) is 15.4. The van der Waals surface area contributed by atoms with E-state index in [2.05, 4.69) is 31.2 Å². The van der Waals surface area contributed by atoms with Gasteiger partial charge in [0.2, 0.25) is 5.95 Å². The molecule has 0 unspecified atom stereocenters. The minimum absolute atomic E-state index is 0.0819. The molecule has 0 saturated carbocycles. The molecular formula is C13H13BrN4O3. The molecule has 1 heterocycles. The molecule has 2 aromatic rings. The Bertz CT molecular complexity index is 678. The smallest absolute Gasteiger partial charge is 0.352 e. The molecule has 0 aliphatic rings. The number of hydrogen-bond acceptors (Lipinski definition) is 6. The Labute approximate surface area is 129 Å². The van der Waals surface area contributed by atoms with Crippen molar-refractivity contribution in [2.24, 2.45) is 0 Å². The summed E-state index contributed by atoms with van der Waals surface area (Å²) in [5, 5.41) is 14.1.